The quantitative estimate of drug-likeness (QED) is 0.829. The van der Waals surface area contributed by atoms with E-state index < -0.39 is 0 Å². The van der Waals surface area contributed by atoms with Crippen LogP contribution >= 0.6 is 0 Å². The third-order valence-electron chi connectivity index (χ3n) is 3.26. The Morgan fingerprint density at radius 2 is 1.42 bits per heavy atom. The van der Waals surface area contributed by atoms with Crippen molar-refractivity contribution in [3.05, 3.63) is 41.5 Å². The molecule has 0 amide bonds. The van der Waals surface area contributed by atoms with Crippen LogP contribution in [0.4, 0.5) is 0 Å². The summed E-state index contributed by atoms with van der Waals surface area (Å²) in [4.78, 5) is 12.8. The molecule has 100 valence electrons. The molecule has 0 aliphatic carbocycles. The zero-order chi connectivity index (χ0) is 14.0. The van der Waals surface area contributed by atoms with Gasteiger partial charge in [0.25, 0.3) is 0 Å². The highest BCUT2D eigenvalue weighted by molar-refractivity contribution is 5.58. The third kappa shape index (κ3) is 3.16. The highest BCUT2D eigenvalue weighted by atomic mass is 15.0. The Labute approximate surface area is 115 Å². The first kappa shape index (κ1) is 13.7. The van der Waals surface area contributed by atoms with E-state index in [2.05, 4.69) is 60.8 Å². The van der Waals surface area contributed by atoms with Crippen LogP contribution < -0.4 is 0 Å². The zero-order valence-corrected chi connectivity index (χ0v) is 12.3. The topological polar surface area (TPSA) is 38.7 Å². The van der Waals surface area contributed by atoms with Gasteiger partial charge in [-0.25, -0.2) is 15.0 Å². The van der Waals surface area contributed by atoms with Crippen LogP contribution in [0.3, 0.4) is 0 Å². The van der Waals surface area contributed by atoms with Crippen molar-refractivity contribution in [1.29, 1.82) is 0 Å². The average Bonchev–Trinajstić information content (AvgIpc) is 2.38. The van der Waals surface area contributed by atoms with Gasteiger partial charge >= 0.3 is 0 Å². The van der Waals surface area contributed by atoms with Crippen LogP contribution in [0, 0.1) is 6.92 Å². The van der Waals surface area contributed by atoms with Crippen molar-refractivity contribution in [2.75, 3.05) is 0 Å². The second-order valence-electron chi connectivity index (χ2n) is 5.55. The van der Waals surface area contributed by atoms with Crippen molar-refractivity contribution in [2.45, 2.75) is 46.5 Å². The van der Waals surface area contributed by atoms with Crippen LogP contribution in [0.5, 0.6) is 0 Å². The van der Waals surface area contributed by atoms with Crippen molar-refractivity contribution in [1.82, 2.24) is 15.0 Å². The van der Waals surface area contributed by atoms with Crippen LogP contribution in [-0.4, -0.2) is 15.0 Å². The number of rotatable bonds is 3. The number of nitrogens with zero attached hydrogens (tertiary/aromatic N) is 3. The van der Waals surface area contributed by atoms with Gasteiger partial charge in [0.1, 0.15) is 12.2 Å². The molecule has 1 heterocycles. The first-order valence-electron chi connectivity index (χ1n) is 6.78. The van der Waals surface area contributed by atoms with E-state index in [-0.39, 0.29) is 0 Å². The summed E-state index contributed by atoms with van der Waals surface area (Å²) in [7, 11) is 0. The molecule has 0 N–H and O–H groups in total. The summed E-state index contributed by atoms with van der Waals surface area (Å²) in [6.07, 6.45) is 1.58. The molecule has 0 atom stereocenters. The summed E-state index contributed by atoms with van der Waals surface area (Å²) < 4.78 is 0. The Hall–Kier alpha value is -1.77. The maximum atomic E-state index is 4.42. The predicted molar refractivity (Wildman–Crippen MR) is 78.2 cm³/mol. The van der Waals surface area contributed by atoms with Gasteiger partial charge in [-0.3, -0.25) is 0 Å². The molecule has 0 saturated heterocycles. The molecule has 2 aromatic rings. The van der Waals surface area contributed by atoms with Crippen molar-refractivity contribution in [3.8, 4) is 11.4 Å². The Morgan fingerprint density at radius 1 is 0.842 bits per heavy atom. The second kappa shape index (κ2) is 5.47. The van der Waals surface area contributed by atoms with Gasteiger partial charge in [0.05, 0.1) is 0 Å². The molecule has 0 aliphatic heterocycles. The Bertz CT molecular complexity index is 548. The van der Waals surface area contributed by atoms with Crippen LogP contribution in [-0.2, 0) is 0 Å². The smallest absolute Gasteiger partial charge is 0.162 e. The monoisotopic (exact) mass is 255 g/mol. The van der Waals surface area contributed by atoms with Crippen molar-refractivity contribution < 1.29 is 0 Å². The van der Waals surface area contributed by atoms with E-state index in [1.54, 1.807) is 6.33 Å². The molecule has 1 aromatic heterocycles. The second-order valence-corrected chi connectivity index (χ2v) is 5.55. The van der Waals surface area contributed by atoms with Gasteiger partial charge in [-0.1, -0.05) is 33.8 Å². The summed E-state index contributed by atoms with van der Waals surface area (Å²) in [6.45, 7) is 10.7. The zero-order valence-electron chi connectivity index (χ0n) is 12.3. The maximum absolute atomic E-state index is 4.42. The molecule has 3 heteroatoms. The number of aromatic nitrogens is 3. The lowest BCUT2D eigenvalue weighted by Crippen LogP contribution is -1.98. The minimum atomic E-state index is 0.500. The van der Waals surface area contributed by atoms with E-state index in [0.29, 0.717) is 11.8 Å². The molecule has 0 radical (unpaired) electrons. The number of hydrogen-bond acceptors (Lipinski definition) is 3. The average molecular weight is 255 g/mol. The Balaban J connectivity index is 2.56. The van der Waals surface area contributed by atoms with Gasteiger partial charge in [-0.2, -0.15) is 0 Å². The number of benzene rings is 1. The maximum Gasteiger partial charge on any atom is 0.162 e. The summed E-state index contributed by atoms with van der Waals surface area (Å²) >= 11 is 0. The SMILES string of the molecule is Cc1ncnc(-c2cc(C(C)C)cc(C(C)C)c2)n1. The Morgan fingerprint density at radius 3 is 1.89 bits per heavy atom. The summed E-state index contributed by atoms with van der Waals surface area (Å²) in [6, 6.07) is 6.66. The Kier molecular flexibility index (Phi) is 3.93. The van der Waals surface area contributed by atoms with Crippen molar-refractivity contribution >= 4 is 0 Å². The highest BCUT2D eigenvalue weighted by Crippen LogP contribution is 2.27. The van der Waals surface area contributed by atoms with Crippen LogP contribution in [0.2, 0.25) is 0 Å². The van der Waals surface area contributed by atoms with E-state index in [9.17, 15) is 0 Å². The van der Waals surface area contributed by atoms with Crippen LogP contribution in [0.1, 0.15) is 56.5 Å². The fourth-order valence-corrected chi connectivity index (χ4v) is 1.99. The van der Waals surface area contributed by atoms with Gasteiger partial charge in [0.2, 0.25) is 0 Å². The summed E-state index contributed by atoms with van der Waals surface area (Å²) in [5.74, 6) is 2.52. The molecule has 0 bridgehead atoms. The molecule has 3 nitrogen and oxygen atoms in total. The third-order valence-corrected chi connectivity index (χ3v) is 3.26. The van der Waals surface area contributed by atoms with E-state index in [1.807, 2.05) is 6.92 Å². The lowest BCUT2D eigenvalue weighted by Gasteiger charge is -2.13. The largest absolute Gasteiger partial charge is 0.222 e. The molecule has 0 spiro atoms. The predicted octanol–water partition coefficient (Wildman–Crippen LogP) is 4.09. The molecule has 0 unspecified atom stereocenters. The van der Waals surface area contributed by atoms with Gasteiger partial charge in [0, 0.05) is 5.56 Å². The van der Waals surface area contributed by atoms with Gasteiger partial charge < -0.3 is 0 Å². The molecular formula is C16H21N3. The lowest BCUT2D eigenvalue weighted by atomic mass is 9.93. The number of hydrogen-bond donors (Lipinski definition) is 0. The highest BCUT2D eigenvalue weighted by Gasteiger charge is 2.10. The minimum absolute atomic E-state index is 0.500. The van der Waals surface area contributed by atoms with Crippen molar-refractivity contribution in [3.63, 3.8) is 0 Å². The van der Waals surface area contributed by atoms with E-state index >= 15 is 0 Å². The van der Waals surface area contributed by atoms with Crippen LogP contribution in [0.25, 0.3) is 11.4 Å². The standard InChI is InChI=1S/C16H21N3/c1-10(2)13-6-14(11(3)4)8-15(7-13)16-18-9-17-12(5)19-16/h6-11H,1-5H3. The molecule has 1 aromatic carbocycles. The molecule has 19 heavy (non-hydrogen) atoms. The fourth-order valence-electron chi connectivity index (χ4n) is 1.99. The summed E-state index contributed by atoms with van der Waals surface area (Å²) in [5.41, 5.74) is 3.75. The first-order valence-corrected chi connectivity index (χ1v) is 6.78. The normalized spacial score (nSPS) is 11.3. The van der Waals surface area contributed by atoms with Crippen LogP contribution in [0.15, 0.2) is 24.5 Å². The molecular weight excluding hydrogens is 234 g/mol. The molecule has 2 rings (SSSR count). The van der Waals surface area contributed by atoms with E-state index in [1.165, 1.54) is 11.1 Å². The summed E-state index contributed by atoms with van der Waals surface area (Å²) in [5, 5.41) is 0. The van der Waals surface area contributed by atoms with Gasteiger partial charge in [-0.15, -0.1) is 0 Å². The van der Waals surface area contributed by atoms with E-state index in [4.69, 9.17) is 0 Å². The molecule has 0 aliphatic rings. The number of aryl methyl sites for hydroxylation is 1. The van der Waals surface area contributed by atoms with Crippen molar-refractivity contribution in [2.24, 2.45) is 0 Å². The molecule has 0 fully saturated rings. The lowest BCUT2D eigenvalue weighted by molar-refractivity contribution is 0.833. The van der Waals surface area contributed by atoms with Gasteiger partial charge in [0.15, 0.2) is 5.82 Å². The first-order chi connectivity index (χ1) is 8.97. The minimum Gasteiger partial charge on any atom is -0.222 e. The van der Waals surface area contributed by atoms with E-state index in [0.717, 1.165) is 17.2 Å². The fraction of sp³-hybridized carbons (Fsp3) is 0.438. The molecule has 0 saturated carbocycles. The van der Waals surface area contributed by atoms with Gasteiger partial charge in [-0.05, 0) is 42.0 Å².